The minimum absolute atomic E-state index is 0.0265. The molecule has 1 aromatic rings. The molecule has 4 nitrogen and oxygen atoms in total. The summed E-state index contributed by atoms with van der Waals surface area (Å²) < 4.78 is 5.20. The van der Waals surface area contributed by atoms with Crippen molar-refractivity contribution in [3.05, 3.63) is 47.6 Å². The van der Waals surface area contributed by atoms with Crippen LogP contribution in [0.1, 0.15) is 30.4 Å². The van der Waals surface area contributed by atoms with E-state index in [9.17, 15) is 9.90 Å². The Hall–Kier alpha value is -2.07. The van der Waals surface area contributed by atoms with Gasteiger partial charge in [-0.1, -0.05) is 18.2 Å². The molecule has 1 aromatic carbocycles. The van der Waals surface area contributed by atoms with Gasteiger partial charge in [0.05, 0.1) is 13.7 Å². The van der Waals surface area contributed by atoms with E-state index in [0.29, 0.717) is 5.75 Å². The summed E-state index contributed by atoms with van der Waals surface area (Å²) in [6, 6.07) is 5.57. The standard InChI is InChI=1S/C18H23NO3/c1-22-17-12-15(11-16(13-17)14-20)7-3-4-8-18(21)19-9-5-2-6-10-19/h3-4,7-8,11-13,20H,2,5-6,9-10,14H2,1H3/b7-3+,8-4+. The van der Waals surface area contributed by atoms with Crippen molar-refractivity contribution in [1.82, 2.24) is 4.90 Å². The first-order chi connectivity index (χ1) is 10.7. The number of likely N-dealkylation sites (tertiary alicyclic amines) is 1. The maximum absolute atomic E-state index is 12.0. The number of ether oxygens (including phenoxy) is 1. The third kappa shape index (κ3) is 4.74. The lowest BCUT2D eigenvalue weighted by atomic mass is 10.1. The predicted molar refractivity (Wildman–Crippen MR) is 87.5 cm³/mol. The average molecular weight is 301 g/mol. The number of allylic oxidation sites excluding steroid dienone is 2. The molecule has 1 saturated heterocycles. The van der Waals surface area contributed by atoms with Crippen molar-refractivity contribution in [2.24, 2.45) is 0 Å². The van der Waals surface area contributed by atoms with E-state index in [0.717, 1.165) is 37.1 Å². The largest absolute Gasteiger partial charge is 0.497 e. The molecule has 2 rings (SSSR count). The van der Waals surface area contributed by atoms with Crippen LogP contribution >= 0.6 is 0 Å². The summed E-state index contributed by atoms with van der Waals surface area (Å²) in [7, 11) is 1.60. The molecule has 0 aliphatic carbocycles. The minimum atomic E-state index is -0.0265. The first-order valence-electron chi connectivity index (χ1n) is 7.65. The Morgan fingerprint density at radius 3 is 2.68 bits per heavy atom. The summed E-state index contributed by atoms with van der Waals surface area (Å²) >= 11 is 0. The number of carbonyl (C=O) groups is 1. The molecular weight excluding hydrogens is 278 g/mol. The van der Waals surface area contributed by atoms with Crippen LogP contribution in [0.5, 0.6) is 5.75 Å². The quantitative estimate of drug-likeness (QED) is 0.672. The van der Waals surface area contributed by atoms with Crippen molar-refractivity contribution < 1.29 is 14.6 Å². The highest BCUT2D eigenvalue weighted by Gasteiger charge is 2.13. The van der Waals surface area contributed by atoms with Gasteiger partial charge in [0.2, 0.25) is 5.91 Å². The van der Waals surface area contributed by atoms with Gasteiger partial charge in [0.25, 0.3) is 0 Å². The zero-order valence-corrected chi connectivity index (χ0v) is 13.0. The van der Waals surface area contributed by atoms with Gasteiger partial charge in [-0.3, -0.25) is 4.79 Å². The molecule has 1 amide bonds. The van der Waals surface area contributed by atoms with Gasteiger partial charge in [-0.25, -0.2) is 0 Å². The Morgan fingerprint density at radius 1 is 1.23 bits per heavy atom. The first-order valence-corrected chi connectivity index (χ1v) is 7.65. The number of aliphatic hydroxyl groups is 1. The number of hydrogen-bond acceptors (Lipinski definition) is 3. The number of aliphatic hydroxyl groups excluding tert-OH is 1. The summed E-state index contributed by atoms with van der Waals surface area (Å²) in [6.07, 6.45) is 10.5. The van der Waals surface area contributed by atoms with Gasteiger partial charge < -0.3 is 14.7 Å². The maximum Gasteiger partial charge on any atom is 0.246 e. The van der Waals surface area contributed by atoms with Gasteiger partial charge >= 0.3 is 0 Å². The van der Waals surface area contributed by atoms with Crippen LogP contribution < -0.4 is 4.74 Å². The van der Waals surface area contributed by atoms with Crippen molar-refractivity contribution in [1.29, 1.82) is 0 Å². The lowest BCUT2D eigenvalue weighted by Crippen LogP contribution is -2.34. The summed E-state index contributed by atoms with van der Waals surface area (Å²) in [6.45, 7) is 1.70. The van der Waals surface area contributed by atoms with E-state index >= 15 is 0 Å². The van der Waals surface area contributed by atoms with Crippen molar-refractivity contribution in [2.75, 3.05) is 20.2 Å². The maximum atomic E-state index is 12.0. The van der Waals surface area contributed by atoms with Gasteiger partial charge in [0.1, 0.15) is 5.75 Å². The zero-order chi connectivity index (χ0) is 15.8. The molecule has 1 N–H and O–H groups in total. The van der Waals surface area contributed by atoms with Crippen molar-refractivity contribution in [2.45, 2.75) is 25.9 Å². The number of rotatable bonds is 5. The Morgan fingerprint density at radius 2 is 2.00 bits per heavy atom. The van der Waals surface area contributed by atoms with Crippen molar-refractivity contribution in [3.63, 3.8) is 0 Å². The molecule has 1 heterocycles. The van der Waals surface area contributed by atoms with E-state index in [2.05, 4.69) is 0 Å². The van der Waals surface area contributed by atoms with E-state index < -0.39 is 0 Å². The van der Waals surface area contributed by atoms with Crippen LogP contribution in [-0.4, -0.2) is 36.1 Å². The van der Waals surface area contributed by atoms with E-state index in [-0.39, 0.29) is 12.5 Å². The average Bonchev–Trinajstić information content (AvgIpc) is 2.58. The Bertz CT molecular complexity index is 535. The SMILES string of the molecule is COc1cc(/C=C/C=C/C(=O)N2CCCCC2)cc(CO)c1. The van der Waals surface area contributed by atoms with Crippen LogP contribution in [0.15, 0.2) is 36.4 Å². The fourth-order valence-electron chi connectivity index (χ4n) is 2.52. The van der Waals surface area contributed by atoms with Gasteiger partial charge in [-0.15, -0.1) is 0 Å². The molecule has 0 saturated carbocycles. The molecule has 1 aliphatic rings. The fraction of sp³-hybridized carbons (Fsp3) is 0.389. The molecule has 22 heavy (non-hydrogen) atoms. The molecular formula is C18H23NO3. The zero-order valence-electron chi connectivity index (χ0n) is 13.0. The van der Waals surface area contributed by atoms with E-state index in [4.69, 9.17) is 4.74 Å². The first kappa shape index (κ1) is 16.3. The van der Waals surface area contributed by atoms with Crippen LogP contribution in [0.4, 0.5) is 0 Å². The number of benzene rings is 1. The Balaban J connectivity index is 1.96. The lowest BCUT2D eigenvalue weighted by molar-refractivity contribution is -0.126. The summed E-state index contributed by atoms with van der Waals surface area (Å²) in [5.74, 6) is 0.783. The number of hydrogen-bond donors (Lipinski definition) is 1. The van der Waals surface area contributed by atoms with E-state index in [1.807, 2.05) is 29.2 Å². The summed E-state index contributed by atoms with van der Waals surface area (Å²) in [5.41, 5.74) is 1.73. The molecule has 1 fully saturated rings. The normalized spacial score (nSPS) is 15.6. The third-order valence-corrected chi connectivity index (χ3v) is 3.71. The Labute approximate surface area is 131 Å². The van der Waals surface area contributed by atoms with Gasteiger partial charge in [0.15, 0.2) is 0 Å². The predicted octanol–water partition coefficient (Wildman–Crippen LogP) is 2.77. The van der Waals surface area contributed by atoms with Crippen LogP contribution in [0.25, 0.3) is 6.08 Å². The molecule has 0 radical (unpaired) electrons. The second-order valence-electron chi connectivity index (χ2n) is 5.38. The molecule has 118 valence electrons. The molecule has 1 aliphatic heterocycles. The van der Waals surface area contributed by atoms with Gasteiger partial charge in [0, 0.05) is 19.2 Å². The monoisotopic (exact) mass is 301 g/mol. The lowest BCUT2D eigenvalue weighted by Gasteiger charge is -2.25. The van der Waals surface area contributed by atoms with Crippen molar-refractivity contribution in [3.8, 4) is 5.75 Å². The number of amides is 1. The van der Waals surface area contributed by atoms with E-state index in [1.165, 1.54) is 6.42 Å². The minimum Gasteiger partial charge on any atom is -0.497 e. The van der Waals surface area contributed by atoms with Crippen LogP contribution in [-0.2, 0) is 11.4 Å². The summed E-state index contributed by atoms with van der Waals surface area (Å²) in [5, 5.41) is 9.23. The van der Waals surface area contributed by atoms with Crippen LogP contribution in [0, 0.1) is 0 Å². The molecule has 0 spiro atoms. The molecule has 0 unspecified atom stereocenters. The molecule has 0 atom stereocenters. The van der Waals surface area contributed by atoms with Crippen LogP contribution in [0.2, 0.25) is 0 Å². The highest BCUT2D eigenvalue weighted by atomic mass is 16.5. The third-order valence-electron chi connectivity index (χ3n) is 3.71. The molecule has 0 aromatic heterocycles. The van der Waals surface area contributed by atoms with E-state index in [1.54, 1.807) is 25.3 Å². The van der Waals surface area contributed by atoms with Gasteiger partial charge in [-0.05, 0) is 48.6 Å². The second kappa shape index (κ2) is 8.39. The van der Waals surface area contributed by atoms with Crippen molar-refractivity contribution >= 4 is 12.0 Å². The fourth-order valence-corrected chi connectivity index (χ4v) is 2.52. The summed E-state index contributed by atoms with van der Waals surface area (Å²) in [4.78, 5) is 13.9. The number of nitrogens with zero attached hydrogens (tertiary/aromatic N) is 1. The topological polar surface area (TPSA) is 49.8 Å². The molecule has 0 bridgehead atoms. The van der Waals surface area contributed by atoms with Crippen LogP contribution in [0.3, 0.4) is 0 Å². The highest BCUT2D eigenvalue weighted by molar-refractivity contribution is 5.88. The number of carbonyl (C=O) groups excluding carboxylic acids is 1. The smallest absolute Gasteiger partial charge is 0.246 e. The number of piperidine rings is 1. The second-order valence-corrected chi connectivity index (χ2v) is 5.38. The van der Waals surface area contributed by atoms with Gasteiger partial charge in [-0.2, -0.15) is 0 Å². The Kier molecular flexibility index (Phi) is 6.22. The molecule has 4 heteroatoms. The number of methoxy groups -OCH3 is 1. The highest BCUT2D eigenvalue weighted by Crippen LogP contribution is 2.18.